The van der Waals surface area contributed by atoms with Crippen LogP contribution in [0.25, 0.3) is 0 Å². The van der Waals surface area contributed by atoms with Gasteiger partial charge in [-0.15, -0.1) is 0 Å². The van der Waals surface area contributed by atoms with Gasteiger partial charge in [0.25, 0.3) is 0 Å². The van der Waals surface area contributed by atoms with E-state index in [1.54, 1.807) is 0 Å². The molecule has 0 bridgehead atoms. The first-order chi connectivity index (χ1) is 14.3. The normalized spacial score (nSPS) is 21.9. The summed E-state index contributed by atoms with van der Waals surface area (Å²) in [6.07, 6.45) is 0. The Bertz CT molecular complexity index is 1080. The van der Waals surface area contributed by atoms with Crippen molar-refractivity contribution in [2.24, 2.45) is 4.99 Å². The molecule has 2 aromatic carbocycles. The zero-order valence-corrected chi connectivity index (χ0v) is 19.8. The lowest BCUT2D eigenvalue weighted by Crippen LogP contribution is -2.38. The van der Waals surface area contributed by atoms with Crippen LogP contribution >= 0.6 is 39.3 Å². The van der Waals surface area contributed by atoms with E-state index >= 15 is 0 Å². The molecule has 1 amide bonds. The molecule has 0 unspecified atom stereocenters. The second-order valence-corrected chi connectivity index (χ2v) is 11.7. The van der Waals surface area contributed by atoms with Crippen LogP contribution in [0.5, 0.6) is 0 Å². The first kappa shape index (κ1) is 21.7. The van der Waals surface area contributed by atoms with Crippen molar-refractivity contribution in [1.82, 2.24) is 4.90 Å². The lowest BCUT2D eigenvalue weighted by molar-refractivity contribution is -0.113. The lowest BCUT2D eigenvalue weighted by atomic mass is 10.1. The van der Waals surface area contributed by atoms with Crippen molar-refractivity contribution in [1.29, 1.82) is 0 Å². The van der Waals surface area contributed by atoms with Crippen LogP contribution in [0.15, 0.2) is 58.0 Å². The monoisotopic (exact) mass is 527 g/mol. The van der Waals surface area contributed by atoms with Gasteiger partial charge in [0.2, 0.25) is 5.91 Å². The SMILES string of the molecule is O=C(CSC1=N[C@@H]2CS(=O)(=O)C[C@@H]2N1Cc1ccc(Cl)cc1)Nc1ccc(Br)cc1. The Morgan fingerprint density at radius 2 is 1.87 bits per heavy atom. The molecular weight excluding hydrogens is 510 g/mol. The Kier molecular flexibility index (Phi) is 6.43. The summed E-state index contributed by atoms with van der Waals surface area (Å²) >= 11 is 10.7. The van der Waals surface area contributed by atoms with E-state index in [4.69, 9.17) is 11.6 Å². The third-order valence-corrected chi connectivity index (χ3v) is 8.43. The Morgan fingerprint density at radius 1 is 1.17 bits per heavy atom. The van der Waals surface area contributed by atoms with E-state index in [-0.39, 0.29) is 35.2 Å². The molecule has 2 aromatic rings. The summed E-state index contributed by atoms with van der Waals surface area (Å²) in [5.74, 6) is 0.202. The molecule has 2 aliphatic rings. The fourth-order valence-electron chi connectivity index (χ4n) is 3.54. The summed E-state index contributed by atoms with van der Waals surface area (Å²) in [5, 5.41) is 4.22. The number of halogens is 2. The van der Waals surface area contributed by atoms with Crippen LogP contribution in [0.2, 0.25) is 5.02 Å². The van der Waals surface area contributed by atoms with E-state index in [1.807, 2.05) is 53.4 Å². The van der Waals surface area contributed by atoms with Crippen LogP contribution in [-0.4, -0.2) is 53.7 Å². The third kappa shape index (κ3) is 5.19. The number of amidine groups is 1. The van der Waals surface area contributed by atoms with Gasteiger partial charge in [0.15, 0.2) is 15.0 Å². The number of aliphatic imine (C=N–C) groups is 1. The molecule has 6 nitrogen and oxygen atoms in total. The summed E-state index contributed by atoms with van der Waals surface area (Å²) in [7, 11) is -3.10. The molecule has 1 N–H and O–H groups in total. The molecule has 30 heavy (non-hydrogen) atoms. The molecule has 4 rings (SSSR count). The van der Waals surface area contributed by atoms with Gasteiger partial charge in [0, 0.05) is 21.7 Å². The molecule has 2 heterocycles. The van der Waals surface area contributed by atoms with Crippen molar-refractivity contribution in [3.05, 3.63) is 63.6 Å². The minimum atomic E-state index is -3.10. The van der Waals surface area contributed by atoms with Gasteiger partial charge in [-0.1, -0.05) is 51.4 Å². The van der Waals surface area contributed by atoms with Crippen LogP contribution in [0.1, 0.15) is 5.56 Å². The highest BCUT2D eigenvalue weighted by Gasteiger charge is 2.46. The minimum Gasteiger partial charge on any atom is -0.341 e. The van der Waals surface area contributed by atoms with Gasteiger partial charge in [-0.05, 0) is 42.0 Å². The van der Waals surface area contributed by atoms with Crippen LogP contribution in [0, 0.1) is 0 Å². The van der Waals surface area contributed by atoms with Crippen molar-refractivity contribution in [2.45, 2.75) is 18.6 Å². The fourth-order valence-corrected chi connectivity index (χ4v) is 6.72. The van der Waals surface area contributed by atoms with Crippen LogP contribution in [-0.2, 0) is 21.2 Å². The van der Waals surface area contributed by atoms with Gasteiger partial charge < -0.3 is 10.2 Å². The second kappa shape index (κ2) is 8.90. The Balaban J connectivity index is 1.44. The number of nitrogens with zero attached hydrogens (tertiary/aromatic N) is 2. The van der Waals surface area contributed by atoms with E-state index in [1.165, 1.54) is 11.8 Å². The van der Waals surface area contributed by atoms with Gasteiger partial charge in [-0.3, -0.25) is 9.79 Å². The third-order valence-electron chi connectivity index (χ3n) is 4.94. The van der Waals surface area contributed by atoms with E-state index in [0.29, 0.717) is 16.7 Å². The number of thioether (sulfide) groups is 1. The Labute approximate surface area is 193 Å². The summed E-state index contributed by atoms with van der Waals surface area (Å²) in [4.78, 5) is 19.0. The minimum absolute atomic E-state index is 0.0595. The van der Waals surface area contributed by atoms with Crippen molar-refractivity contribution in [3.63, 3.8) is 0 Å². The highest BCUT2D eigenvalue weighted by atomic mass is 79.9. The maximum absolute atomic E-state index is 12.4. The molecule has 0 saturated carbocycles. The standard InChI is InChI=1S/C20H19BrClN3O3S2/c21-14-3-7-16(8-4-14)23-19(26)10-29-20-24-17-11-30(27,28)12-18(17)25(20)9-13-1-5-15(22)6-2-13/h1-8,17-18H,9-12H2,(H,23,26)/t17-,18+/m1/s1. The smallest absolute Gasteiger partial charge is 0.234 e. The van der Waals surface area contributed by atoms with Gasteiger partial charge in [-0.2, -0.15) is 0 Å². The fraction of sp³-hybridized carbons (Fsp3) is 0.300. The number of benzene rings is 2. The van der Waals surface area contributed by atoms with Gasteiger partial charge in [-0.25, -0.2) is 8.42 Å². The van der Waals surface area contributed by atoms with Crippen LogP contribution in [0.4, 0.5) is 5.69 Å². The highest BCUT2D eigenvalue weighted by Crippen LogP contribution is 2.32. The van der Waals surface area contributed by atoms with Crippen LogP contribution in [0.3, 0.4) is 0 Å². The molecule has 10 heteroatoms. The van der Waals surface area contributed by atoms with Crippen LogP contribution < -0.4 is 5.32 Å². The first-order valence-corrected chi connectivity index (χ1v) is 13.2. The van der Waals surface area contributed by atoms with Crippen molar-refractivity contribution in [3.8, 4) is 0 Å². The number of rotatable bonds is 5. The quantitative estimate of drug-likeness (QED) is 0.638. The molecule has 1 fully saturated rings. The van der Waals surface area contributed by atoms with Crippen molar-refractivity contribution in [2.75, 3.05) is 22.6 Å². The van der Waals surface area contributed by atoms with E-state index in [2.05, 4.69) is 26.2 Å². The molecule has 2 atom stereocenters. The molecule has 2 aliphatic heterocycles. The Morgan fingerprint density at radius 3 is 2.57 bits per heavy atom. The van der Waals surface area contributed by atoms with Crippen molar-refractivity contribution < 1.29 is 13.2 Å². The number of hydrogen-bond donors (Lipinski definition) is 1. The largest absolute Gasteiger partial charge is 0.341 e. The number of amides is 1. The van der Waals surface area contributed by atoms with Crippen molar-refractivity contribution >= 4 is 65.9 Å². The molecule has 0 radical (unpaired) electrons. The predicted molar refractivity (Wildman–Crippen MR) is 126 cm³/mol. The topological polar surface area (TPSA) is 78.8 Å². The van der Waals surface area contributed by atoms with Gasteiger partial charge in [0.05, 0.1) is 29.3 Å². The zero-order chi connectivity index (χ0) is 21.3. The molecule has 158 valence electrons. The second-order valence-electron chi connectivity index (χ2n) is 7.22. The zero-order valence-electron chi connectivity index (χ0n) is 15.8. The average molecular weight is 529 g/mol. The van der Waals surface area contributed by atoms with E-state index < -0.39 is 9.84 Å². The maximum atomic E-state index is 12.4. The highest BCUT2D eigenvalue weighted by molar-refractivity contribution is 9.10. The summed E-state index contributed by atoms with van der Waals surface area (Å²) < 4.78 is 25.1. The first-order valence-electron chi connectivity index (χ1n) is 9.27. The maximum Gasteiger partial charge on any atom is 0.234 e. The summed E-state index contributed by atoms with van der Waals surface area (Å²) in [6.45, 7) is 0.522. The number of anilines is 1. The predicted octanol–water partition coefficient (Wildman–Crippen LogP) is 3.81. The molecule has 0 aromatic heterocycles. The van der Waals surface area contributed by atoms with E-state index in [9.17, 15) is 13.2 Å². The number of nitrogens with one attached hydrogen (secondary N) is 1. The number of sulfone groups is 1. The number of fused-ring (bicyclic) bond motifs is 1. The van der Waals surface area contributed by atoms with E-state index in [0.717, 1.165) is 15.7 Å². The number of carbonyl (C=O) groups is 1. The van der Waals surface area contributed by atoms with Gasteiger partial charge in [0.1, 0.15) is 0 Å². The molecule has 1 saturated heterocycles. The number of hydrogen-bond acceptors (Lipinski definition) is 6. The summed E-state index contributed by atoms with van der Waals surface area (Å²) in [6, 6.07) is 14.4. The molecule has 0 aliphatic carbocycles. The Hall–Kier alpha value is -1.55. The summed E-state index contributed by atoms with van der Waals surface area (Å²) in [5.41, 5.74) is 1.73. The molecule has 0 spiro atoms. The number of carbonyl (C=O) groups excluding carboxylic acids is 1. The average Bonchev–Trinajstić information content (AvgIpc) is 3.16. The van der Waals surface area contributed by atoms with Gasteiger partial charge >= 0.3 is 0 Å². The molecular formula is C20H19BrClN3O3S2. The lowest BCUT2D eigenvalue weighted by Gasteiger charge is -2.26.